The van der Waals surface area contributed by atoms with Crippen molar-refractivity contribution in [1.29, 1.82) is 0 Å². The van der Waals surface area contributed by atoms with Crippen LogP contribution >= 0.6 is 0 Å². The maximum absolute atomic E-state index is 12.0. The SMILES string of the molecule is CCc1cc(NC(=O)c2ccc(N)c(OC)c2)n[nH]1. The number of nitrogen functional groups attached to an aromatic ring is 1. The van der Waals surface area contributed by atoms with Crippen molar-refractivity contribution in [3.63, 3.8) is 0 Å². The minimum atomic E-state index is -0.257. The van der Waals surface area contributed by atoms with Gasteiger partial charge >= 0.3 is 0 Å². The molecule has 2 rings (SSSR count). The zero-order chi connectivity index (χ0) is 13.8. The summed E-state index contributed by atoms with van der Waals surface area (Å²) in [6, 6.07) is 6.67. The van der Waals surface area contributed by atoms with Gasteiger partial charge in [-0.2, -0.15) is 5.10 Å². The van der Waals surface area contributed by atoms with E-state index >= 15 is 0 Å². The number of anilines is 2. The van der Waals surface area contributed by atoms with Gasteiger partial charge in [0.25, 0.3) is 5.91 Å². The van der Waals surface area contributed by atoms with Crippen molar-refractivity contribution in [3.05, 3.63) is 35.5 Å². The van der Waals surface area contributed by atoms with Crippen molar-refractivity contribution < 1.29 is 9.53 Å². The Balaban J connectivity index is 2.15. The minimum absolute atomic E-state index is 0.257. The van der Waals surface area contributed by atoms with Gasteiger partial charge in [-0.15, -0.1) is 0 Å². The van der Waals surface area contributed by atoms with Crippen molar-refractivity contribution in [2.75, 3.05) is 18.2 Å². The summed E-state index contributed by atoms with van der Waals surface area (Å²) >= 11 is 0. The van der Waals surface area contributed by atoms with E-state index in [4.69, 9.17) is 10.5 Å². The lowest BCUT2D eigenvalue weighted by atomic mass is 10.2. The molecule has 6 nitrogen and oxygen atoms in total. The van der Waals surface area contributed by atoms with Gasteiger partial charge in [0.1, 0.15) is 5.75 Å². The van der Waals surface area contributed by atoms with Gasteiger partial charge in [0.15, 0.2) is 5.82 Å². The Morgan fingerprint density at radius 3 is 2.89 bits per heavy atom. The topological polar surface area (TPSA) is 93.0 Å². The number of nitrogens with zero attached hydrogens (tertiary/aromatic N) is 1. The summed E-state index contributed by atoms with van der Waals surface area (Å²) in [5, 5.41) is 9.54. The van der Waals surface area contributed by atoms with Crippen LogP contribution in [0.25, 0.3) is 0 Å². The molecule has 0 unspecified atom stereocenters. The van der Waals surface area contributed by atoms with Crippen LogP contribution in [0.5, 0.6) is 5.75 Å². The van der Waals surface area contributed by atoms with Crippen molar-refractivity contribution >= 4 is 17.4 Å². The van der Waals surface area contributed by atoms with Crippen LogP contribution in [-0.4, -0.2) is 23.2 Å². The third-order valence-electron chi connectivity index (χ3n) is 2.75. The second-order valence-corrected chi connectivity index (χ2v) is 4.04. The number of rotatable bonds is 4. The molecule has 0 aliphatic carbocycles. The minimum Gasteiger partial charge on any atom is -0.495 e. The molecule has 1 aromatic carbocycles. The average molecular weight is 260 g/mol. The molecular formula is C13H16N4O2. The number of H-pyrrole nitrogens is 1. The van der Waals surface area contributed by atoms with E-state index in [1.807, 2.05) is 6.92 Å². The second-order valence-electron chi connectivity index (χ2n) is 4.04. The Bertz CT molecular complexity index is 592. The molecule has 0 fully saturated rings. The highest BCUT2D eigenvalue weighted by molar-refractivity contribution is 6.04. The molecule has 0 aliphatic rings. The van der Waals surface area contributed by atoms with Gasteiger partial charge in [0.2, 0.25) is 0 Å². The number of benzene rings is 1. The van der Waals surface area contributed by atoms with Crippen molar-refractivity contribution in [3.8, 4) is 5.75 Å². The molecule has 0 saturated carbocycles. The predicted molar refractivity (Wildman–Crippen MR) is 73.3 cm³/mol. The molecule has 2 aromatic rings. The highest BCUT2D eigenvalue weighted by Crippen LogP contribution is 2.22. The first-order chi connectivity index (χ1) is 9.13. The number of nitrogens with two attached hydrogens (primary N) is 1. The number of aryl methyl sites for hydroxylation is 1. The first kappa shape index (κ1) is 12.9. The van der Waals surface area contributed by atoms with E-state index in [0.29, 0.717) is 22.8 Å². The van der Waals surface area contributed by atoms with E-state index in [-0.39, 0.29) is 5.91 Å². The second kappa shape index (κ2) is 5.43. The lowest BCUT2D eigenvalue weighted by Gasteiger charge is -2.07. The Hall–Kier alpha value is -2.50. The van der Waals surface area contributed by atoms with E-state index in [1.54, 1.807) is 24.3 Å². The highest BCUT2D eigenvalue weighted by Gasteiger charge is 2.10. The number of hydrogen-bond donors (Lipinski definition) is 3. The molecule has 0 radical (unpaired) electrons. The lowest BCUT2D eigenvalue weighted by molar-refractivity contribution is 0.102. The Morgan fingerprint density at radius 2 is 2.26 bits per heavy atom. The zero-order valence-electron chi connectivity index (χ0n) is 10.9. The van der Waals surface area contributed by atoms with Crippen molar-refractivity contribution in [1.82, 2.24) is 10.2 Å². The molecule has 0 atom stereocenters. The van der Waals surface area contributed by atoms with Crippen LogP contribution in [0.4, 0.5) is 11.5 Å². The molecule has 1 heterocycles. The number of nitrogens with one attached hydrogen (secondary N) is 2. The zero-order valence-corrected chi connectivity index (χ0v) is 10.9. The quantitative estimate of drug-likeness (QED) is 0.731. The number of aromatic amines is 1. The third kappa shape index (κ3) is 2.85. The summed E-state index contributed by atoms with van der Waals surface area (Å²) in [5.74, 6) is 0.717. The summed E-state index contributed by atoms with van der Waals surface area (Å²) in [7, 11) is 1.51. The number of carbonyl (C=O) groups is 1. The summed E-state index contributed by atoms with van der Waals surface area (Å²) in [6.45, 7) is 2.00. The Labute approximate surface area is 111 Å². The Morgan fingerprint density at radius 1 is 1.47 bits per heavy atom. The van der Waals surface area contributed by atoms with E-state index in [9.17, 15) is 4.79 Å². The number of methoxy groups -OCH3 is 1. The van der Waals surface area contributed by atoms with E-state index < -0.39 is 0 Å². The molecule has 1 amide bonds. The number of hydrogen-bond acceptors (Lipinski definition) is 4. The monoisotopic (exact) mass is 260 g/mol. The normalized spacial score (nSPS) is 10.2. The van der Waals surface area contributed by atoms with Gasteiger partial charge in [0, 0.05) is 17.3 Å². The van der Waals surface area contributed by atoms with Gasteiger partial charge in [-0.3, -0.25) is 9.89 Å². The van der Waals surface area contributed by atoms with Gasteiger partial charge in [-0.25, -0.2) is 0 Å². The number of amides is 1. The standard InChI is InChI=1S/C13H16N4O2/c1-3-9-7-12(17-16-9)15-13(18)8-4-5-10(14)11(6-8)19-2/h4-7H,3,14H2,1-2H3,(H2,15,16,17,18). The highest BCUT2D eigenvalue weighted by atomic mass is 16.5. The molecule has 6 heteroatoms. The van der Waals surface area contributed by atoms with Gasteiger partial charge < -0.3 is 15.8 Å². The van der Waals surface area contributed by atoms with Gasteiger partial charge in [-0.05, 0) is 24.6 Å². The van der Waals surface area contributed by atoms with Crippen LogP contribution in [0.15, 0.2) is 24.3 Å². The average Bonchev–Trinajstić information content (AvgIpc) is 2.86. The van der Waals surface area contributed by atoms with Gasteiger partial charge in [0.05, 0.1) is 12.8 Å². The number of aromatic nitrogens is 2. The molecule has 0 spiro atoms. The van der Waals surface area contributed by atoms with Crippen LogP contribution in [0.1, 0.15) is 23.0 Å². The molecular weight excluding hydrogens is 244 g/mol. The molecule has 19 heavy (non-hydrogen) atoms. The van der Waals surface area contributed by atoms with E-state index in [1.165, 1.54) is 7.11 Å². The van der Waals surface area contributed by atoms with Crippen molar-refractivity contribution in [2.45, 2.75) is 13.3 Å². The number of carbonyl (C=O) groups excluding carboxylic acids is 1. The van der Waals surface area contributed by atoms with Crippen LogP contribution in [-0.2, 0) is 6.42 Å². The van der Waals surface area contributed by atoms with Crippen LogP contribution in [0, 0.1) is 0 Å². The smallest absolute Gasteiger partial charge is 0.257 e. The lowest BCUT2D eigenvalue weighted by Crippen LogP contribution is -2.12. The summed E-state index contributed by atoms with van der Waals surface area (Å²) in [4.78, 5) is 12.0. The van der Waals surface area contributed by atoms with E-state index in [0.717, 1.165) is 12.1 Å². The number of ether oxygens (including phenoxy) is 1. The fourth-order valence-corrected chi connectivity index (χ4v) is 1.65. The maximum atomic E-state index is 12.0. The van der Waals surface area contributed by atoms with Crippen LogP contribution in [0.2, 0.25) is 0 Å². The molecule has 0 saturated heterocycles. The summed E-state index contributed by atoms with van der Waals surface area (Å²) in [6.07, 6.45) is 0.832. The fourth-order valence-electron chi connectivity index (χ4n) is 1.65. The molecule has 1 aromatic heterocycles. The molecule has 0 aliphatic heterocycles. The van der Waals surface area contributed by atoms with E-state index in [2.05, 4.69) is 15.5 Å². The predicted octanol–water partition coefficient (Wildman–Crippen LogP) is 1.82. The summed E-state index contributed by atoms with van der Waals surface area (Å²) < 4.78 is 5.08. The van der Waals surface area contributed by atoms with Crippen molar-refractivity contribution in [2.24, 2.45) is 0 Å². The third-order valence-corrected chi connectivity index (χ3v) is 2.75. The molecule has 100 valence electrons. The fraction of sp³-hybridized carbons (Fsp3) is 0.231. The first-order valence-electron chi connectivity index (χ1n) is 5.93. The van der Waals surface area contributed by atoms with Gasteiger partial charge in [-0.1, -0.05) is 6.92 Å². The van der Waals surface area contributed by atoms with Crippen LogP contribution in [0.3, 0.4) is 0 Å². The molecule has 0 bridgehead atoms. The largest absolute Gasteiger partial charge is 0.495 e. The van der Waals surface area contributed by atoms with Crippen LogP contribution < -0.4 is 15.8 Å². The Kier molecular flexibility index (Phi) is 3.70. The molecule has 4 N–H and O–H groups in total. The first-order valence-corrected chi connectivity index (χ1v) is 5.93. The summed E-state index contributed by atoms with van der Waals surface area (Å²) in [5.41, 5.74) is 7.62. The maximum Gasteiger partial charge on any atom is 0.257 e.